The van der Waals surface area contributed by atoms with Crippen molar-refractivity contribution in [3.63, 3.8) is 0 Å². The molecule has 1 N–H and O–H groups in total. The van der Waals surface area contributed by atoms with Gasteiger partial charge in [0.1, 0.15) is 5.75 Å². The average Bonchev–Trinajstić information content (AvgIpc) is 2.73. The van der Waals surface area contributed by atoms with E-state index in [1.54, 1.807) is 36.4 Å². The number of piperidine rings is 1. The fraction of sp³-hybridized carbons (Fsp3) is 0.333. The molecule has 0 bridgehead atoms. The number of ketones is 1. The van der Waals surface area contributed by atoms with Crippen LogP contribution in [0.5, 0.6) is 5.75 Å². The van der Waals surface area contributed by atoms with E-state index >= 15 is 0 Å². The maximum Gasteiger partial charge on any atom is 0.262 e. The Morgan fingerprint density at radius 3 is 2.38 bits per heavy atom. The van der Waals surface area contributed by atoms with Crippen molar-refractivity contribution in [1.82, 2.24) is 4.31 Å². The number of carbonyl (C=O) groups is 2. The third-order valence-corrected chi connectivity index (χ3v) is 6.60. The molecule has 0 aliphatic carbocycles. The lowest BCUT2D eigenvalue weighted by atomic mass is 10.1. The zero-order valence-corrected chi connectivity index (χ0v) is 17.1. The molecule has 29 heavy (non-hydrogen) atoms. The Bertz CT molecular complexity index is 980. The van der Waals surface area contributed by atoms with Gasteiger partial charge in [0.15, 0.2) is 12.4 Å². The smallest absolute Gasteiger partial charge is 0.262 e. The minimum absolute atomic E-state index is 0.0475. The van der Waals surface area contributed by atoms with Crippen LogP contribution in [0.3, 0.4) is 0 Å². The summed E-state index contributed by atoms with van der Waals surface area (Å²) >= 11 is 0. The Kier molecular flexibility index (Phi) is 6.66. The third-order valence-electron chi connectivity index (χ3n) is 4.70. The zero-order valence-electron chi connectivity index (χ0n) is 16.3. The predicted octanol–water partition coefficient (Wildman–Crippen LogP) is 3.08. The van der Waals surface area contributed by atoms with Crippen molar-refractivity contribution in [3.05, 3.63) is 54.1 Å². The van der Waals surface area contributed by atoms with E-state index in [0.29, 0.717) is 30.1 Å². The first-order valence-corrected chi connectivity index (χ1v) is 10.9. The first kappa shape index (κ1) is 21.0. The zero-order chi connectivity index (χ0) is 20.9. The second kappa shape index (κ2) is 9.19. The lowest BCUT2D eigenvalue weighted by Crippen LogP contribution is -2.35. The Balaban J connectivity index is 1.60. The summed E-state index contributed by atoms with van der Waals surface area (Å²) in [7, 11) is -3.56. The highest BCUT2D eigenvalue weighted by molar-refractivity contribution is 7.89. The van der Waals surface area contributed by atoms with Crippen LogP contribution in [0.25, 0.3) is 0 Å². The number of amides is 1. The number of ether oxygens (including phenoxy) is 1. The number of hydrogen-bond acceptors (Lipinski definition) is 5. The van der Waals surface area contributed by atoms with Crippen LogP contribution in [-0.2, 0) is 14.8 Å². The van der Waals surface area contributed by atoms with Crippen LogP contribution < -0.4 is 10.1 Å². The Labute approximate surface area is 170 Å². The van der Waals surface area contributed by atoms with E-state index in [9.17, 15) is 18.0 Å². The lowest BCUT2D eigenvalue weighted by Gasteiger charge is -2.26. The molecule has 1 aliphatic heterocycles. The average molecular weight is 416 g/mol. The normalized spacial score (nSPS) is 14.9. The van der Waals surface area contributed by atoms with Gasteiger partial charge in [-0.25, -0.2) is 8.42 Å². The molecule has 0 spiro atoms. The molecule has 0 saturated carbocycles. The number of benzene rings is 2. The van der Waals surface area contributed by atoms with E-state index in [0.717, 1.165) is 19.3 Å². The highest BCUT2D eigenvalue weighted by Gasteiger charge is 2.26. The summed E-state index contributed by atoms with van der Waals surface area (Å²) < 4.78 is 32.5. The summed E-state index contributed by atoms with van der Waals surface area (Å²) in [6.07, 6.45) is 2.76. The number of anilines is 1. The molecule has 0 aromatic heterocycles. The number of nitrogens with zero attached hydrogens (tertiary/aromatic N) is 1. The number of carbonyl (C=O) groups excluding carboxylic acids is 2. The van der Waals surface area contributed by atoms with Crippen LogP contribution in [-0.4, -0.2) is 44.1 Å². The standard InChI is InChI=1S/C21H24N2O5S/c1-16(24)17-8-10-19(11-9-17)28-15-21(25)22-18-6-5-7-20(14-18)29(26,27)23-12-3-2-4-13-23/h5-11,14H,2-4,12-13,15H2,1H3,(H,22,25). The lowest BCUT2D eigenvalue weighted by molar-refractivity contribution is -0.118. The van der Waals surface area contributed by atoms with Crippen molar-refractivity contribution in [2.24, 2.45) is 0 Å². The molecular formula is C21H24N2O5S. The maximum atomic E-state index is 12.8. The molecule has 1 amide bonds. The number of hydrogen-bond donors (Lipinski definition) is 1. The van der Waals surface area contributed by atoms with E-state index in [1.807, 2.05) is 0 Å². The van der Waals surface area contributed by atoms with Crippen LogP contribution >= 0.6 is 0 Å². The van der Waals surface area contributed by atoms with Crippen LogP contribution in [0.4, 0.5) is 5.69 Å². The van der Waals surface area contributed by atoms with Crippen molar-refractivity contribution in [3.8, 4) is 5.75 Å². The summed E-state index contributed by atoms with van der Waals surface area (Å²) in [5, 5.41) is 2.66. The summed E-state index contributed by atoms with van der Waals surface area (Å²) in [5.41, 5.74) is 0.956. The number of sulfonamides is 1. The van der Waals surface area contributed by atoms with Crippen LogP contribution in [0.2, 0.25) is 0 Å². The van der Waals surface area contributed by atoms with Crippen LogP contribution in [0.1, 0.15) is 36.5 Å². The molecule has 7 nitrogen and oxygen atoms in total. The van der Waals surface area contributed by atoms with E-state index in [4.69, 9.17) is 4.74 Å². The van der Waals surface area contributed by atoms with Gasteiger partial charge in [0.2, 0.25) is 10.0 Å². The number of rotatable bonds is 7. The van der Waals surface area contributed by atoms with Crippen LogP contribution in [0.15, 0.2) is 53.4 Å². The first-order valence-electron chi connectivity index (χ1n) is 9.50. The van der Waals surface area contributed by atoms with E-state index in [2.05, 4.69) is 5.32 Å². The fourth-order valence-corrected chi connectivity index (χ4v) is 4.68. The monoisotopic (exact) mass is 416 g/mol. The van der Waals surface area contributed by atoms with Crippen LogP contribution in [0, 0.1) is 0 Å². The van der Waals surface area contributed by atoms with Gasteiger partial charge in [-0.1, -0.05) is 12.5 Å². The predicted molar refractivity (Wildman–Crippen MR) is 110 cm³/mol. The minimum Gasteiger partial charge on any atom is -0.484 e. The summed E-state index contributed by atoms with van der Waals surface area (Å²) in [4.78, 5) is 23.6. The van der Waals surface area contributed by atoms with Gasteiger partial charge in [0, 0.05) is 24.3 Å². The van der Waals surface area contributed by atoms with Gasteiger partial charge in [-0.05, 0) is 62.2 Å². The second-order valence-corrected chi connectivity index (χ2v) is 8.85. The van der Waals surface area contributed by atoms with Crippen molar-refractivity contribution in [2.45, 2.75) is 31.1 Å². The SMILES string of the molecule is CC(=O)c1ccc(OCC(=O)Nc2cccc(S(=O)(=O)N3CCCCC3)c2)cc1. The molecule has 0 radical (unpaired) electrons. The first-order chi connectivity index (χ1) is 13.9. The summed E-state index contributed by atoms with van der Waals surface area (Å²) in [6, 6.07) is 12.7. The Hall–Kier alpha value is -2.71. The van der Waals surface area contributed by atoms with E-state index < -0.39 is 15.9 Å². The molecule has 1 saturated heterocycles. The quantitative estimate of drug-likeness (QED) is 0.700. The van der Waals surface area contributed by atoms with Crippen molar-refractivity contribution >= 4 is 27.4 Å². The maximum absolute atomic E-state index is 12.8. The molecule has 0 atom stereocenters. The van der Waals surface area contributed by atoms with Gasteiger partial charge in [0.05, 0.1) is 4.90 Å². The second-order valence-electron chi connectivity index (χ2n) is 6.91. The van der Waals surface area contributed by atoms with Gasteiger partial charge < -0.3 is 10.1 Å². The topological polar surface area (TPSA) is 92.8 Å². The molecule has 2 aromatic rings. The van der Waals surface area contributed by atoms with Gasteiger partial charge in [-0.3, -0.25) is 9.59 Å². The van der Waals surface area contributed by atoms with Gasteiger partial charge in [0.25, 0.3) is 5.91 Å². The number of Topliss-reactive ketones (excluding diaryl/α,β-unsaturated/α-hetero) is 1. The molecule has 0 unspecified atom stereocenters. The molecule has 1 heterocycles. The molecule has 8 heteroatoms. The van der Waals surface area contributed by atoms with Crippen molar-refractivity contribution in [1.29, 1.82) is 0 Å². The Morgan fingerprint density at radius 1 is 1.03 bits per heavy atom. The molecule has 154 valence electrons. The molecule has 1 aliphatic rings. The van der Waals surface area contributed by atoms with E-state index in [1.165, 1.54) is 23.4 Å². The molecule has 3 rings (SSSR count). The Morgan fingerprint density at radius 2 is 1.72 bits per heavy atom. The number of nitrogens with one attached hydrogen (secondary N) is 1. The minimum atomic E-state index is -3.56. The third kappa shape index (κ3) is 5.42. The summed E-state index contributed by atoms with van der Waals surface area (Å²) in [5.74, 6) is 0.00780. The van der Waals surface area contributed by atoms with E-state index in [-0.39, 0.29) is 17.3 Å². The van der Waals surface area contributed by atoms with Gasteiger partial charge >= 0.3 is 0 Å². The molecule has 1 fully saturated rings. The fourth-order valence-electron chi connectivity index (χ4n) is 3.12. The van der Waals surface area contributed by atoms with Crippen molar-refractivity contribution in [2.75, 3.05) is 25.0 Å². The molecule has 2 aromatic carbocycles. The van der Waals surface area contributed by atoms with Crippen molar-refractivity contribution < 1.29 is 22.7 Å². The van der Waals surface area contributed by atoms with Gasteiger partial charge in [-0.15, -0.1) is 0 Å². The largest absolute Gasteiger partial charge is 0.484 e. The summed E-state index contributed by atoms with van der Waals surface area (Å²) in [6.45, 7) is 2.29. The molecular weight excluding hydrogens is 392 g/mol. The van der Waals surface area contributed by atoms with Gasteiger partial charge in [-0.2, -0.15) is 4.31 Å². The highest BCUT2D eigenvalue weighted by Crippen LogP contribution is 2.23. The highest BCUT2D eigenvalue weighted by atomic mass is 32.2.